The molecule has 0 saturated carbocycles. The summed E-state index contributed by atoms with van der Waals surface area (Å²) >= 11 is 0.814. The van der Waals surface area contributed by atoms with Gasteiger partial charge < -0.3 is 0 Å². The second kappa shape index (κ2) is 3.43. The zero-order valence-electron chi connectivity index (χ0n) is 7.73. The Labute approximate surface area is 88.3 Å². The number of hydrogen-bond acceptors (Lipinski definition) is 4. The van der Waals surface area contributed by atoms with Crippen molar-refractivity contribution in [2.24, 2.45) is 7.05 Å². The van der Waals surface area contributed by atoms with Crippen LogP contribution in [0.3, 0.4) is 0 Å². The molecule has 78 valence electrons. The summed E-state index contributed by atoms with van der Waals surface area (Å²) in [7, 11) is 1.57. The molecule has 15 heavy (non-hydrogen) atoms. The topological polar surface area (TPSA) is 84.0 Å². The van der Waals surface area contributed by atoms with Crippen molar-refractivity contribution in [1.29, 1.82) is 0 Å². The van der Waals surface area contributed by atoms with E-state index in [-0.39, 0.29) is 10.5 Å². The van der Waals surface area contributed by atoms with E-state index in [1.165, 1.54) is 16.8 Å². The lowest BCUT2D eigenvalue weighted by Gasteiger charge is -1.90. The average Bonchev–Trinajstić information content (AvgIpc) is 2.59. The molecule has 0 aromatic carbocycles. The second-order valence-electron chi connectivity index (χ2n) is 2.96. The largest absolute Gasteiger partial charge is 0.296 e. The number of aromatic nitrogens is 2. The molecule has 2 N–H and O–H groups in total. The normalized spacial score (nSPS) is 18.6. The van der Waals surface area contributed by atoms with E-state index in [1.54, 1.807) is 7.05 Å². The third-order valence-corrected chi connectivity index (χ3v) is 2.65. The van der Waals surface area contributed by atoms with Crippen LogP contribution < -0.4 is 10.9 Å². The van der Waals surface area contributed by atoms with Crippen LogP contribution in [0.1, 0.15) is 5.69 Å². The summed E-state index contributed by atoms with van der Waals surface area (Å²) in [5, 5.41) is 4.46. The van der Waals surface area contributed by atoms with Gasteiger partial charge in [-0.25, -0.2) is 0 Å². The predicted octanol–water partition coefficient (Wildman–Crippen LogP) is 0.0373. The van der Waals surface area contributed by atoms with Crippen LogP contribution in [0.4, 0.5) is 4.79 Å². The molecule has 1 saturated heterocycles. The van der Waals surface area contributed by atoms with E-state index in [1.807, 2.05) is 0 Å². The molecule has 6 nitrogen and oxygen atoms in total. The van der Waals surface area contributed by atoms with E-state index in [9.17, 15) is 14.4 Å². The molecule has 2 rings (SSSR count). The van der Waals surface area contributed by atoms with Gasteiger partial charge in [-0.3, -0.25) is 29.5 Å². The van der Waals surface area contributed by atoms with Gasteiger partial charge in [0.2, 0.25) is 0 Å². The number of nitrogens with zero attached hydrogens (tertiary/aromatic N) is 1. The zero-order valence-corrected chi connectivity index (χ0v) is 8.55. The van der Waals surface area contributed by atoms with Gasteiger partial charge in [-0.05, 0) is 17.8 Å². The van der Waals surface area contributed by atoms with Gasteiger partial charge in [0.1, 0.15) is 0 Å². The van der Waals surface area contributed by atoms with Crippen molar-refractivity contribution in [2.75, 3.05) is 0 Å². The van der Waals surface area contributed by atoms with Crippen LogP contribution in [0.25, 0.3) is 6.08 Å². The Morgan fingerprint density at radius 2 is 2.13 bits per heavy atom. The number of aryl methyl sites for hydroxylation is 1. The summed E-state index contributed by atoms with van der Waals surface area (Å²) in [5.74, 6) is -0.435. The van der Waals surface area contributed by atoms with Gasteiger partial charge in [-0.2, -0.15) is 0 Å². The summed E-state index contributed by atoms with van der Waals surface area (Å²) in [6.07, 6.45) is 1.46. The van der Waals surface area contributed by atoms with Gasteiger partial charge in [0.15, 0.2) is 0 Å². The number of imide groups is 1. The smallest absolute Gasteiger partial charge is 0.290 e. The fourth-order valence-electron chi connectivity index (χ4n) is 1.15. The third-order valence-electron chi connectivity index (χ3n) is 1.83. The fraction of sp³-hybridized carbons (Fsp3) is 0.125. The molecule has 1 aromatic heterocycles. The van der Waals surface area contributed by atoms with Gasteiger partial charge in [0, 0.05) is 13.1 Å². The van der Waals surface area contributed by atoms with E-state index in [0.29, 0.717) is 5.69 Å². The van der Waals surface area contributed by atoms with E-state index in [4.69, 9.17) is 0 Å². The standard InChI is InChI=1S/C8H7N3O3S/c1-11-6(12)3-4(10-11)2-5-7(13)9-8(14)15-5/h2-3,10H,1H3,(H,9,13,14). The lowest BCUT2D eigenvalue weighted by atomic mass is 10.3. The minimum absolute atomic E-state index is 0.198. The SMILES string of the molecule is Cn1[nH]c(C=C2SC(=O)NC2=O)cc1=O. The molecule has 1 fully saturated rings. The highest BCUT2D eigenvalue weighted by Gasteiger charge is 2.25. The molecule has 0 unspecified atom stereocenters. The number of nitrogens with one attached hydrogen (secondary N) is 2. The Kier molecular flexibility index (Phi) is 2.24. The summed E-state index contributed by atoms with van der Waals surface area (Å²) in [4.78, 5) is 33.4. The molecule has 0 atom stereocenters. The molecular weight excluding hydrogens is 218 g/mol. The molecule has 7 heteroatoms. The van der Waals surface area contributed by atoms with Gasteiger partial charge in [-0.1, -0.05) is 0 Å². The number of carbonyl (C=O) groups excluding carboxylic acids is 2. The molecular formula is C8H7N3O3S. The predicted molar refractivity (Wildman–Crippen MR) is 55.1 cm³/mol. The Bertz CT molecular complexity index is 525. The van der Waals surface area contributed by atoms with E-state index < -0.39 is 11.1 Å². The van der Waals surface area contributed by atoms with Crippen LogP contribution in [0.2, 0.25) is 0 Å². The minimum Gasteiger partial charge on any atom is -0.296 e. The maximum atomic E-state index is 11.2. The number of H-pyrrole nitrogens is 1. The Hall–Kier alpha value is -1.76. The molecule has 0 bridgehead atoms. The van der Waals surface area contributed by atoms with E-state index >= 15 is 0 Å². The number of amides is 2. The van der Waals surface area contributed by atoms with Crippen LogP contribution >= 0.6 is 11.8 Å². The maximum Gasteiger partial charge on any atom is 0.290 e. The lowest BCUT2D eigenvalue weighted by molar-refractivity contribution is -0.115. The quantitative estimate of drug-likeness (QED) is 0.661. The highest BCUT2D eigenvalue weighted by atomic mass is 32.2. The van der Waals surface area contributed by atoms with Gasteiger partial charge in [0.25, 0.3) is 16.7 Å². The van der Waals surface area contributed by atoms with Crippen LogP contribution in [0, 0.1) is 0 Å². The van der Waals surface area contributed by atoms with Crippen molar-refractivity contribution >= 4 is 29.0 Å². The van der Waals surface area contributed by atoms with Gasteiger partial charge in [-0.15, -0.1) is 0 Å². The lowest BCUT2D eigenvalue weighted by Crippen LogP contribution is -2.17. The molecule has 0 aliphatic carbocycles. The van der Waals surface area contributed by atoms with Crippen LogP contribution in [-0.4, -0.2) is 20.9 Å². The molecule has 2 heterocycles. The molecule has 0 spiro atoms. The van der Waals surface area contributed by atoms with Crippen molar-refractivity contribution < 1.29 is 9.59 Å². The van der Waals surface area contributed by atoms with E-state index in [0.717, 1.165) is 11.8 Å². The number of carbonyl (C=O) groups is 2. The maximum absolute atomic E-state index is 11.2. The van der Waals surface area contributed by atoms with Crippen molar-refractivity contribution in [3.05, 3.63) is 27.0 Å². The molecule has 1 aromatic rings. The highest BCUT2D eigenvalue weighted by molar-refractivity contribution is 8.18. The molecule has 1 aliphatic heterocycles. The summed E-state index contributed by atoms with van der Waals surface area (Å²) in [6.45, 7) is 0. The first-order chi connectivity index (χ1) is 7.06. The number of thioether (sulfide) groups is 1. The van der Waals surface area contributed by atoms with Crippen molar-refractivity contribution in [3.63, 3.8) is 0 Å². The Balaban J connectivity index is 2.34. The van der Waals surface area contributed by atoms with Crippen LogP contribution in [0.15, 0.2) is 15.8 Å². The second-order valence-corrected chi connectivity index (χ2v) is 3.98. The Morgan fingerprint density at radius 3 is 2.60 bits per heavy atom. The monoisotopic (exact) mass is 225 g/mol. The summed E-state index contributed by atoms with van der Waals surface area (Å²) in [5.41, 5.74) is 0.298. The van der Waals surface area contributed by atoms with Crippen molar-refractivity contribution in [2.45, 2.75) is 0 Å². The number of aromatic amines is 1. The van der Waals surface area contributed by atoms with E-state index in [2.05, 4.69) is 10.4 Å². The van der Waals surface area contributed by atoms with Crippen molar-refractivity contribution in [3.8, 4) is 0 Å². The fourth-order valence-corrected chi connectivity index (χ4v) is 1.82. The number of hydrogen-bond donors (Lipinski definition) is 2. The molecule has 1 aliphatic rings. The number of rotatable bonds is 1. The van der Waals surface area contributed by atoms with Gasteiger partial charge in [0.05, 0.1) is 10.6 Å². The van der Waals surface area contributed by atoms with Crippen molar-refractivity contribution in [1.82, 2.24) is 15.1 Å². The van der Waals surface area contributed by atoms with Crippen LogP contribution in [-0.2, 0) is 11.8 Å². The Morgan fingerprint density at radius 1 is 1.40 bits per heavy atom. The minimum atomic E-state index is -0.435. The summed E-state index contributed by atoms with van der Waals surface area (Å²) in [6, 6.07) is 1.35. The summed E-state index contributed by atoms with van der Waals surface area (Å²) < 4.78 is 1.28. The van der Waals surface area contributed by atoms with Gasteiger partial charge >= 0.3 is 0 Å². The third kappa shape index (κ3) is 1.86. The molecule has 2 amide bonds. The highest BCUT2D eigenvalue weighted by Crippen LogP contribution is 2.24. The first-order valence-electron chi connectivity index (χ1n) is 4.07. The first-order valence-corrected chi connectivity index (χ1v) is 4.89. The zero-order chi connectivity index (χ0) is 11.0. The van der Waals surface area contributed by atoms with Crippen LogP contribution in [0.5, 0.6) is 0 Å². The first kappa shape index (κ1) is 9.78. The average molecular weight is 225 g/mol. The molecule has 0 radical (unpaired) electrons.